The van der Waals surface area contributed by atoms with Gasteiger partial charge in [-0.2, -0.15) is 0 Å². The molecule has 0 bridgehead atoms. The molecule has 0 amide bonds. The minimum atomic E-state index is -0.0991. The van der Waals surface area contributed by atoms with Crippen molar-refractivity contribution >= 4 is 35.8 Å². The fourth-order valence-corrected chi connectivity index (χ4v) is 17.6. The van der Waals surface area contributed by atoms with Gasteiger partial charge in [0.05, 0.1) is 58.9 Å². The van der Waals surface area contributed by atoms with E-state index in [0.717, 1.165) is 201 Å². The summed E-state index contributed by atoms with van der Waals surface area (Å²) in [4.78, 5) is 76.0. The highest BCUT2D eigenvalue weighted by atomic mass is 16.6. The number of nitrogens with zero attached hydrogens (tertiary/aromatic N) is 2. The molecule has 0 saturated carbocycles. The Morgan fingerprint density at radius 2 is 0.331 bits per heavy atom. The topological polar surface area (TPSA) is 290 Å². The van der Waals surface area contributed by atoms with Gasteiger partial charge in [-0.3, -0.25) is 28.8 Å². The van der Waals surface area contributed by atoms with Crippen LogP contribution in [-0.2, 0) is 57.2 Å². The monoisotopic (exact) mass is 2020 g/mol. The summed E-state index contributed by atoms with van der Waals surface area (Å²) < 4.78 is 32.3. The Hall–Kier alpha value is -3.54. The molecule has 0 aliphatic rings. The molecule has 0 aliphatic heterocycles. The molecule has 0 rings (SSSR count). The number of carbonyl (C=O) groups is 6. The van der Waals surface area contributed by atoms with E-state index in [1.165, 1.54) is 392 Å². The van der Waals surface area contributed by atoms with Crippen molar-refractivity contribution in [1.29, 1.82) is 0 Å². The van der Waals surface area contributed by atoms with E-state index in [-0.39, 0.29) is 35.8 Å². The second-order valence-corrected chi connectivity index (χ2v) is 41.3. The molecule has 0 aromatic heterocycles. The number of carbonyl (C=O) groups excluding carboxylic acids is 6. The number of unbranched alkanes of at least 4 members (excludes halogenated alkanes) is 67. The second-order valence-electron chi connectivity index (χ2n) is 41.3. The summed E-state index contributed by atoms with van der Waals surface area (Å²) >= 11 is 0. The van der Waals surface area contributed by atoms with Gasteiger partial charge in [0.1, 0.15) is 0 Å². The normalized spacial score (nSPS) is 11.2. The third-order valence-electron chi connectivity index (χ3n) is 27.1. The highest BCUT2D eigenvalue weighted by Gasteiger charge is 2.14. The lowest BCUT2D eigenvalue weighted by Crippen LogP contribution is -2.37. The molecular formula is C121H247N9O12. The van der Waals surface area contributed by atoms with Crippen molar-refractivity contribution in [3.05, 3.63) is 0 Å². The van der Waals surface area contributed by atoms with Crippen molar-refractivity contribution in [1.82, 2.24) is 31.1 Å². The molecule has 0 unspecified atom stereocenters. The lowest BCUT2D eigenvalue weighted by Gasteiger charge is -2.21. The van der Waals surface area contributed by atoms with E-state index in [2.05, 4.69) is 79.5 Å². The van der Waals surface area contributed by atoms with Gasteiger partial charge in [0.15, 0.2) is 0 Å². The first-order valence-corrected chi connectivity index (χ1v) is 62.2. The minimum absolute atomic E-state index is 0.0133. The van der Waals surface area contributed by atoms with Crippen molar-refractivity contribution in [3.63, 3.8) is 0 Å². The number of rotatable bonds is 116. The molecule has 0 aromatic carbocycles. The van der Waals surface area contributed by atoms with Crippen LogP contribution < -0.4 is 38.5 Å². The lowest BCUT2D eigenvalue weighted by molar-refractivity contribution is -0.145. The van der Waals surface area contributed by atoms with E-state index < -0.39 is 0 Å². The predicted molar refractivity (Wildman–Crippen MR) is 609 cm³/mol. The molecular weight excluding hydrogens is 1770 g/mol. The fourth-order valence-electron chi connectivity index (χ4n) is 17.6. The SMILES string of the molecule is CCCCCCCCCCCCOC(=O)CCCCCNCCCCCN.CCCCCCCCCCCCOC(=O)CCCCCNCCCCCNCCC(=O)OCCCCCCCCCCCC.CCCCCCCCCCCCOC(=O)CCCCCNCCN(CCN)CCC(=O)OCCCCCCCCCCCC.CCCCCCCCCCCCOC(=O)CCN(CCN)CCCCCC. The molecule has 21 nitrogen and oxygen atoms in total. The molecule has 0 aromatic rings. The Kier molecular flexibility index (Phi) is 136. The molecule has 848 valence electrons. The molecule has 0 atom stereocenters. The van der Waals surface area contributed by atoms with E-state index in [4.69, 9.17) is 45.6 Å². The van der Waals surface area contributed by atoms with Crippen LogP contribution in [0.1, 0.15) is 594 Å². The maximum absolute atomic E-state index is 12.2. The van der Waals surface area contributed by atoms with Crippen molar-refractivity contribution < 1.29 is 57.2 Å². The van der Waals surface area contributed by atoms with Gasteiger partial charge in [-0.1, -0.05) is 447 Å². The van der Waals surface area contributed by atoms with Crippen molar-refractivity contribution in [2.24, 2.45) is 17.2 Å². The van der Waals surface area contributed by atoms with Crippen LogP contribution in [0.4, 0.5) is 0 Å². The highest BCUT2D eigenvalue weighted by molar-refractivity contribution is 5.71. The van der Waals surface area contributed by atoms with Crippen molar-refractivity contribution in [2.75, 3.05) is 151 Å². The van der Waals surface area contributed by atoms with Crippen molar-refractivity contribution in [3.8, 4) is 0 Å². The van der Waals surface area contributed by atoms with E-state index in [1.807, 2.05) is 0 Å². The first-order valence-electron chi connectivity index (χ1n) is 62.2. The third-order valence-corrected chi connectivity index (χ3v) is 27.1. The Bertz CT molecular complexity index is 2380. The smallest absolute Gasteiger partial charge is 0.307 e. The van der Waals surface area contributed by atoms with Gasteiger partial charge in [0, 0.05) is 78.2 Å². The molecule has 0 fully saturated rings. The number of esters is 6. The van der Waals surface area contributed by atoms with Crippen LogP contribution in [0.25, 0.3) is 0 Å². The zero-order valence-corrected chi connectivity index (χ0v) is 95.9. The van der Waals surface area contributed by atoms with Crippen molar-refractivity contribution in [2.45, 2.75) is 594 Å². The Morgan fingerprint density at radius 1 is 0.155 bits per heavy atom. The van der Waals surface area contributed by atoms with E-state index in [9.17, 15) is 28.8 Å². The summed E-state index contributed by atoms with van der Waals surface area (Å²) in [5.41, 5.74) is 16.9. The Morgan fingerprint density at radius 3 is 0.563 bits per heavy atom. The second kappa shape index (κ2) is 134. The van der Waals surface area contributed by atoms with Crippen LogP contribution in [-0.4, -0.2) is 197 Å². The van der Waals surface area contributed by atoms with Gasteiger partial charge >= 0.3 is 35.8 Å². The number of nitrogens with one attached hydrogen (secondary N) is 4. The average Bonchev–Trinajstić information content (AvgIpc) is 0.974. The Balaban J connectivity index is -0.000000918. The van der Waals surface area contributed by atoms with E-state index in [0.29, 0.717) is 104 Å². The molecule has 0 radical (unpaired) electrons. The van der Waals surface area contributed by atoms with Gasteiger partial charge < -0.3 is 76.7 Å². The quantitative estimate of drug-likeness (QED) is 0.0169. The summed E-state index contributed by atoms with van der Waals surface area (Å²) in [5, 5.41) is 13.8. The largest absolute Gasteiger partial charge is 0.466 e. The van der Waals surface area contributed by atoms with Gasteiger partial charge in [-0.15, -0.1) is 0 Å². The van der Waals surface area contributed by atoms with Crippen LogP contribution in [0.5, 0.6) is 0 Å². The molecule has 142 heavy (non-hydrogen) atoms. The van der Waals surface area contributed by atoms with Gasteiger partial charge in [0.2, 0.25) is 0 Å². The standard InChI is InChI=1S/C38H76N2O4.C37H75N3O4.2C23H48N2O2/c1-3-5-7-9-11-13-15-17-19-27-35-43-37(41)29-23-21-24-31-39-32-25-22-26-33-40-34-30-38(42)44-36-28-20-18-16-14-12-10-8-6-4-2;1-3-5-7-9-11-13-15-17-19-24-34-43-36(41)26-22-21-23-29-39-30-33-40(32-28-38)31-27-37(42)44-35-25-20-18-16-14-12-10-8-6-4-2;1-3-5-7-9-10-11-12-13-14-16-22-27-23(26)17-20-25(21-18-24)19-15-8-6-4-2;1-2-3-4-5-6-7-8-9-10-17-22-27-23(26)18-13-11-15-20-25-21-16-12-14-19-24/h39-40H,3-36H2,1-2H3;39H,3-35,38H2,1-2H3;3-22,24H2,1-2H3;25H,2-22,24H2,1H3. The van der Waals surface area contributed by atoms with Crippen LogP contribution in [0.2, 0.25) is 0 Å². The zero-order valence-electron chi connectivity index (χ0n) is 95.9. The van der Waals surface area contributed by atoms with E-state index in [1.54, 1.807) is 0 Å². The van der Waals surface area contributed by atoms with Crippen LogP contribution >= 0.6 is 0 Å². The first-order chi connectivity index (χ1) is 69.9. The Labute approximate surface area is 881 Å². The minimum Gasteiger partial charge on any atom is -0.466 e. The molecule has 0 saturated heterocycles. The van der Waals surface area contributed by atoms with Gasteiger partial charge in [-0.25, -0.2) is 0 Å². The van der Waals surface area contributed by atoms with Gasteiger partial charge in [0.25, 0.3) is 0 Å². The molecule has 10 N–H and O–H groups in total. The number of hydrogen-bond acceptors (Lipinski definition) is 21. The zero-order chi connectivity index (χ0) is 104. The van der Waals surface area contributed by atoms with E-state index >= 15 is 0 Å². The first kappa shape index (κ1) is 145. The predicted octanol–water partition coefficient (Wildman–Crippen LogP) is 30.3. The summed E-state index contributed by atoms with van der Waals surface area (Å²) in [6, 6.07) is 0. The number of ether oxygens (including phenoxy) is 6. The third kappa shape index (κ3) is 134. The number of nitrogens with two attached hydrogens (primary N) is 3. The highest BCUT2D eigenvalue weighted by Crippen LogP contribution is 2.19. The lowest BCUT2D eigenvalue weighted by atomic mass is 10.1. The summed E-state index contributed by atoms with van der Waals surface area (Å²) in [6.07, 6.45) is 102. The molecule has 0 aliphatic carbocycles. The molecule has 0 heterocycles. The summed E-state index contributed by atoms with van der Waals surface area (Å²) in [7, 11) is 0. The number of hydrogen-bond donors (Lipinski definition) is 7. The molecule has 21 heteroatoms. The average molecular weight is 2020 g/mol. The maximum atomic E-state index is 12.2. The molecule has 0 spiro atoms. The van der Waals surface area contributed by atoms with Crippen LogP contribution in [0, 0.1) is 0 Å². The van der Waals surface area contributed by atoms with Crippen LogP contribution in [0.3, 0.4) is 0 Å². The summed E-state index contributed by atoms with van der Waals surface area (Å²) in [6.45, 7) is 34.0. The van der Waals surface area contributed by atoms with Gasteiger partial charge in [-0.05, 0) is 162 Å². The fraction of sp³-hybridized carbons (Fsp3) is 0.950. The maximum Gasteiger partial charge on any atom is 0.307 e. The van der Waals surface area contributed by atoms with Crippen LogP contribution in [0.15, 0.2) is 0 Å². The summed E-state index contributed by atoms with van der Waals surface area (Å²) in [5.74, 6) is -0.309.